The monoisotopic (exact) mass is 330 g/mol. The summed E-state index contributed by atoms with van der Waals surface area (Å²) in [5.41, 5.74) is 3.91. The number of benzene rings is 1. The number of halogens is 1. The molecule has 0 aliphatic rings. The fourth-order valence-corrected chi connectivity index (χ4v) is 2.54. The van der Waals surface area contributed by atoms with Crippen molar-refractivity contribution in [1.82, 2.24) is 15.0 Å². The van der Waals surface area contributed by atoms with Crippen LogP contribution in [-0.4, -0.2) is 29.0 Å². The first-order valence-electron chi connectivity index (χ1n) is 6.36. The van der Waals surface area contributed by atoms with Crippen molar-refractivity contribution in [2.45, 2.75) is 6.92 Å². The maximum absolute atomic E-state index is 4.60. The van der Waals surface area contributed by atoms with Crippen LogP contribution < -0.4 is 4.90 Å². The third kappa shape index (κ3) is 2.18. The molecule has 3 aromatic rings. The highest BCUT2D eigenvalue weighted by molar-refractivity contribution is 9.10. The van der Waals surface area contributed by atoms with Gasteiger partial charge in [-0.2, -0.15) is 0 Å². The number of nitrogens with one attached hydrogen (secondary N) is 1. The summed E-state index contributed by atoms with van der Waals surface area (Å²) < 4.78 is 1.06. The van der Waals surface area contributed by atoms with Gasteiger partial charge in [0.25, 0.3) is 0 Å². The lowest BCUT2D eigenvalue weighted by Gasteiger charge is -2.09. The second kappa shape index (κ2) is 4.90. The molecule has 0 unspecified atom stereocenters. The van der Waals surface area contributed by atoms with E-state index < -0.39 is 0 Å². The van der Waals surface area contributed by atoms with Crippen LogP contribution in [0.5, 0.6) is 0 Å². The lowest BCUT2D eigenvalue weighted by molar-refractivity contribution is 1.08. The van der Waals surface area contributed by atoms with Crippen LogP contribution in [0.25, 0.3) is 22.6 Å². The molecule has 0 amide bonds. The number of hydrogen-bond acceptors (Lipinski definition) is 3. The third-order valence-electron chi connectivity index (χ3n) is 3.24. The van der Waals surface area contributed by atoms with Crippen LogP contribution in [-0.2, 0) is 0 Å². The number of pyridine rings is 1. The molecule has 4 nitrogen and oxygen atoms in total. The molecular formula is C15H15BrN4. The molecule has 0 saturated carbocycles. The first kappa shape index (κ1) is 13.1. The van der Waals surface area contributed by atoms with Crippen LogP contribution in [0.15, 0.2) is 34.8 Å². The van der Waals surface area contributed by atoms with E-state index in [1.54, 1.807) is 0 Å². The summed E-state index contributed by atoms with van der Waals surface area (Å²) in [6.07, 6.45) is 0. The Bertz CT molecular complexity index is 777. The predicted molar refractivity (Wildman–Crippen MR) is 86.1 cm³/mol. The van der Waals surface area contributed by atoms with Crippen molar-refractivity contribution in [3.05, 3.63) is 40.4 Å². The summed E-state index contributed by atoms with van der Waals surface area (Å²) in [5.74, 6) is 1.73. The molecule has 0 saturated heterocycles. The minimum atomic E-state index is 0.736. The molecule has 102 valence electrons. The van der Waals surface area contributed by atoms with Gasteiger partial charge >= 0.3 is 0 Å². The highest BCUT2D eigenvalue weighted by Crippen LogP contribution is 2.30. The Balaban J connectivity index is 2.15. The average Bonchev–Trinajstić information content (AvgIpc) is 2.84. The molecule has 2 aromatic heterocycles. The summed E-state index contributed by atoms with van der Waals surface area (Å²) in [6.45, 7) is 2.07. The summed E-state index contributed by atoms with van der Waals surface area (Å²) >= 11 is 3.62. The zero-order valence-electron chi connectivity index (χ0n) is 11.6. The number of fused-ring (bicyclic) bond motifs is 1. The van der Waals surface area contributed by atoms with Crippen molar-refractivity contribution in [3.8, 4) is 11.4 Å². The summed E-state index contributed by atoms with van der Waals surface area (Å²) in [4.78, 5) is 14.4. The topological polar surface area (TPSA) is 44.8 Å². The molecule has 0 aliphatic carbocycles. The molecule has 3 rings (SSSR count). The normalized spacial score (nSPS) is 11.0. The quantitative estimate of drug-likeness (QED) is 0.778. The zero-order valence-corrected chi connectivity index (χ0v) is 13.2. The molecule has 0 radical (unpaired) electrons. The number of H-pyrrole nitrogens is 1. The van der Waals surface area contributed by atoms with E-state index in [0.717, 1.165) is 32.8 Å². The molecular weight excluding hydrogens is 316 g/mol. The smallest absolute Gasteiger partial charge is 0.180 e. The van der Waals surface area contributed by atoms with Gasteiger partial charge in [0.2, 0.25) is 0 Å². The van der Waals surface area contributed by atoms with E-state index in [1.807, 2.05) is 43.3 Å². The molecule has 0 aliphatic heterocycles. The van der Waals surface area contributed by atoms with Gasteiger partial charge in [-0.25, -0.2) is 9.97 Å². The van der Waals surface area contributed by atoms with Gasteiger partial charge in [-0.05, 0) is 40.5 Å². The van der Waals surface area contributed by atoms with Crippen molar-refractivity contribution in [3.63, 3.8) is 0 Å². The van der Waals surface area contributed by atoms with Gasteiger partial charge < -0.3 is 9.88 Å². The van der Waals surface area contributed by atoms with Crippen LogP contribution in [0, 0.1) is 6.92 Å². The van der Waals surface area contributed by atoms with Gasteiger partial charge in [-0.3, -0.25) is 0 Å². The maximum atomic E-state index is 4.60. The lowest BCUT2D eigenvalue weighted by atomic mass is 10.1. The molecule has 5 heteroatoms. The minimum Gasteiger partial charge on any atom is -0.363 e. The van der Waals surface area contributed by atoms with E-state index in [2.05, 4.69) is 43.9 Å². The molecule has 0 spiro atoms. The van der Waals surface area contributed by atoms with Crippen molar-refractivity contribution >= 4 is 32.9 Å². The molecule has 0 fully saturated rings. The number of hydrogen-bond donors (Lipinski definition) is 1. The van der Waals surface area contributed by atoms with Crippen molar-refractivity contribution in [2.24, 2.45) is 0 Å². The number of rotatable bonds is 2. The number of nitrogens with zero attached hydrogens (tertiary/aromatic N) is 3. The molecule has 1 aromatic carbocycles. The largest absolute Gasteiger partial charge is 0.363 e. The zero-order chi connectivity index (χ0) is 14.3. The van der Waals surface area contributed by atoms with E-state index in [1.165, 1.54) is 5.56 Å². The first-order chi connectivity index (χ1) is 9.56. The predicted octanol–water partition coefficient (Wildman–Crippen LogP) is 3.76. The fraction of sp³-hybridized carbons (Fsp3) is 0.200. The second-order valence-electron chi connectivity index (χ2n) is 4.96. The van der Waals surface area contributed by atoms with Crippen molar-refractivity contribution < 1.29 is 0 Å². The van der Waals surface area contributed by atoms with Gasteiger partial charge in [-0.1, -0.05) is 18.2 Å². The average molecular weight is 331 g/mol. The Hall–Kier alpha value is -1.88. The van der Waals surface area contributed by atoms with Crippen LogP contribution >= 0.6 is 15.9 Å². The number of aromatic nitrogens is 3. The summed E-state index contributed by atoms with van der Waals surface area (Å²) in [7, 11) is 3.94. The van der Waals surface area contributed by atoms with E-state index in [4.69, 9.17) is 0 Å². The molecule has 0 bridgehead atoms. The molecule has 20 heavy (non-hydrogen) atoms. The standard InChI is InChI=1S/C15H15BrN4/c1-9-5-4-6-10(13(9)16)14-17-11-7-8-12(20(2)3)18-15(11)19-14/h4-8H,1-3H3,(H,17,18,19). The van der Waals surface area contributed by atoms with Crippen LogP contribution in [0.3, 0.4) is 0 Å². The van der Waals surface area contributed by atoms with E-state index in [-0.39, 0.29) is 0 Å². The molecule has 2 heterocycles. The molecule has 0 atom stereocenters. The third-order valence-corrected chi connectivity index (χ3v) is 4.29. The molecule has 1 N–H and O–H groups in total. The Kier molecular flexibility index (Phi) is 3.22. The van der Waals surface area contributed by atoms with Crippen molar-refractivity contribution in [1.29, 1.82) is 0 Å². The van der Waals surface area contributed by atoms with Crippen LogP contribution in [0.2, 0.25) is 0 Å². The number of aryl methyl sites for hydroxylation is 1. The minimum absolute atomic E-state index is 0.736. The van der Waals surface area contributed by atoms with E-state index in [9.17, 15) is 0 Å². The highest BCUT2D eigenvalue weighted by atomic mass is 79.9. The first-order valence-corrected chi connectivity index (χ1v) is 7.15. The van der Waals surface area contributed by atoms with Gasteiger partial charge in [0.05, 0.1) is 5.52 Å². The Morgan fingerprint density at radius 2 is 1.90 bits per heavy atom. The van der Waals surface area contributed by atoms with E-state index >= 15 is 0 Å². The maximum Gasteiger partial charge on any atom is 0.180 e. The Labute approximate surface area is 126 Å². The van der Waals surface area contributed by atoms with Gasteiger partial charge in [0.15, 0.2) is 5.65 Å². The SMILES string of the molecule is Cc1cccc(-c2nc3nc(N(C)C)ccc3[nH]2)c1Br. The number of aromatic amines is 1. The fourth-order valence-electron chi connectivity index (χ4n) is 2.09. The highest BCUT2D eigenvalue weighted by Gasteiger charge is 2.11. The van der Waals surface area contributed by atoms with Crippen LogP contribution in [0.4, 0.5) is 5.82 Å². The van der Waals surface area contributed by atoms with Crippen molar-refractivity contribution in [2.75, 3.05) is 19.0 Å². The van der Waals surface area contributed by atoms with Gasteiger partial charge in [0.1, 0.15) is 11.6 Å². The second-order valence-corrected chi connectivity index (χ2v) is 5.75. The van der Waals surface area contributed by atoms with Crippen LogP contribution in [0.1, 0.15) is 5.56 Å². The Morgan fingerprint density at radius 1 is 1.10 bits per heavy atom. The number of anilines is 1. The van der Waals surface area contributed by atoms with Gasteiger partial charge in [-0.15, -0.1) is 0 Å². The lowest BCUT2D eigenvalue weighted by Crippen LogP contribution is -2.10. The summed E-state index contributed by atoms with van der Waals surface area (Å²) in [5, 5.41) is 0. The van der Waals surface area contributed by atoms with Gasteiger partial charge in [0, 0.05) is 24.1 Å². The van der Waals surface area contributed by atoms with E-state index in [0.29, 0.717) is 0 Å². The summed E-state index contributed by atoms with van der Waals surface area (Å²) in [6, 6.07) is 10.1. The number of imidazole rings is 1. The Morgan fingerprint density at radius 3 is 2.65 bits per heavy atom.